The molecule has 1 aromatic rings. The third kappa shape index (κ3) is 3.29. The molecule has 2 aliphatic rings. The molecular weight excluding hydrogens is 254 g/mol. The van der Waals surface area contributed by atoms with Gasteiger partial charge in [0.25, 0.3) is 0 Å². The smallest absolute Gasteiger partial charge is 0.410 e. The van der Waals surface area contributed by atoms with Crippen molar-refractivity contribution >= 4 is 6.09 Å². The monoisotopic (exact) mass is 275 g/mol. The highest BCUT2D eigenvalue weighted by atomic mass is 16.6. The fourth-order valence-corrected chi connectivity index (χ4v) is 2.67. The van der Waals surface area contributed by atoms with Gasteiger partial charge in [-0.25, -0.2) is 4.79 Å². The van der Waals surface area contributed by atoms with Gasteiger partial charge in [0.2, 0.25) is 0 Å². The molecule has 1 unspecified atom stereocenters. The number of hydrogen-bond acceptors (Lipinski definition) is 4. The number of benzene rings is 1. The molecule has 1 aromatic carbocycles. The second-order valence-electron chi connectivity index (χ2n) is 5.50. The number of carbonyl (C=O) groups is 1. The van der Waals surface area contributed by atoms with Crippen LogP contribution in [0.15, 0.2) is 30.3 Å². The molecule has 1 amide bonds. The lowest BCUT2D eigenvalue weighted by Crippen LogP contribution is -2.62. The highest BCUT2D eigenvalue weighted by molar-refractivity contribution is 5.68. The maximum absolute atomic E-state index is 11.8. The Hall–Kier alpha value is -1.59. The minimum Gasteiger partial charge on any atom is -0.445 e. The molecule has 3 rings (SSSR count). The summed E-state index contributed by atoms with van der Waals surface area (Å²) >= 11 is 0. The zero-order valence-corrected chi connectivity index (χ0v) is 11.5. The highest BCUT2D eigenvalue weighted by Gasteiger charge is 2.33. The summed E-state index contributed by atoms with van der Waals surface area (Å²) < 4.78 is 5.30. The van der Waals surface area contributed by atoms with Crippen molar-refractivity contribution in [2.24, 2.45) is 0 Å². The minimum atomic E-state index is -0.212. The number of nitrogens with zero attached hydrogens (tertiary/aromatic N) is 1. The standard InChI is InChI=1S/C15H21N3O2/c19-15(20-11-12-4-2-1-3-5-12)18-9-14(10-18)17-13-6-7-16-8-13/h1-5,13-14,16-17H,6-11H2. The molecule has 2 aliphatic heterocycles. The van der Waals surface area contributed by atoms with E-state index in [9.17, 15) is 4.79 Å². The Labute approximate surface area is 119 Å². The van der Waals surface area contributed by atoms with Gasteiger partial charge in [0.15, 0.2) is 0 Å². The summed E-state index contributed by atoms with van der Waals surface area (Å²) in [5, 5.41) is 6.89. The van der Waals surface area contributed by atoms with Gasteiger partial charge in [-0.05, 0) is 18.5 Å². The molecule has 5 nitrogen and oxygen atoms in total. The Morgan fingerprint density at radius 1 is 1.30 bits per heavy atom. The number of hydrogen-bond donors (Lipinski definition) is 2. The number of likely N-dealkylation sites (tertiary alicyclic amines) is 1. The van der Waals surface area contributed by atoms with Crippen molar-refractivity contribution in [3.63, 3.8) is 0 Å². The maximum atomic E-state index is 11.8. The van der Waals surface area contributed by atoms with Crippen molar-refractivity contribution in [2.45, 2.75) is 25.1 Å². The normalized spacial score (nSPS) is 22.6. The van der Waals surface area contributed by atoms with Crippen LogP contribution in [0, 0.1) is 0 Å². The van der Waals surface area contributed by atoms with Crippen LogP contribution in [0.25, 0.3) is 0 Å². The Kier molecular flexibility index (Phi) is 4.18. The predicted molar refractivity (Wildman–Crippen MR) is 76.4 cm³/mol. The molecule has 2 saturated heterocycles. The van der Waals surface area contributed by atoms with Crippen LogP contribution in [-0.4, -0.2) is 49.3 Å². The van der Waals surface area contributed by atoms with Crippen molar-refractivity contribution < 1.29 is 9.53 Å². The van der Waals surface area contributed by atoms with Gasteiger partial charge >= 0.3 is 6.09 Å². The predicted octanol–water partition coefficient (Wildman–Crippen LogP) is 0.959. The second-order valence-corrected chi connectivity index (χ2v) is 5.50. The fourth-order valence-electron chi connectivity index (χ4n) is 2.67. The quantitative estimate of drug-likeness (QED) is 0.859. The zero-order chi connectivity index (χ0) is 13.8. The number of ether oxygens (including phenoxy) is 1. The number of carbonyl (C=O) groups excluding carboxylic acids is 1. The van der Waals surface area contributed by atoms with Gasteiger partial charge in [0.05, 0.1) is 0 Å². The molecule has 0 saturated carbocycles. The lowest BCUT2D eigenvalue weighted by Gasteiger charge is -2.40. The molecule has 0 radical (unpaired) electrons. The van der Waals surface area contributed by atoms with Crippen LogP contribution in [0.2, 0.25) is 0 Å². The first-order valence-corrected chi connectivity index (χ1v) is 7.23. The highest BCUT2D eigenvalue weighted by Crippen LogP contribution is 2.13. The Balaban J connectivity index is 1.35. The Bertz CT molecular complexity index is 440. The number of rotatable bonds is 4. The van der Waals surface area contributed by atoms with Gasteiger partial charge in [-0.15, -0.1) is 0 Å². The van der Waals surface area contributed by atoms with Crippen molar-refractivity contribution in [1.29, 1.82) is 0 Å². The van der Waals surface area contributed by atoms with Gasteiger partial charge in [-0.2, -0.15) is 0 Å². The SMILES string of the molecule is O=C(OCc1ccccc1)N1CC(NC2CCNC2)C1. The van der Waals surface area contributed by atoms with Crippen LogP contribution in [-0.2, 0) is 11.3 Å². The number of nitrogens with one attached hydrogen (secondary N) is 2. The fraction of sp³-hybridized carbons (Fsp3) is 0.533. The van der Waals surface area contributed by atoms with E-state index in [4.69, 9.17) is 4.74 Å². The first-order valence-electron chi connectivity index (χ1n) is 7.23. The van der Waals surface area contributed by atoms with Crippen molar-refractivity contribution in [3.8, 4) is 0 Å². The molecule has 0 aliphatic carbocycles. The summed E-state index contributed by atoms with van der Waals surface area (Å²) in [5.41, 5.74) is 1.02. The van der Waals surface area contributed by atoms with Gasteiger partial charge in [-0.1, -0.05) is 30.3 Å². The molecule has 5 heteroatoms. The summed E-state index contributed by atoms with van der Waals surface area (Å²) in [7, 11) is 0. The minimum absolute atomic E-state index is 0.212. The van der Waals surface area contributed by atoms with E-state index in [2.05, 4.69) is 10.6 Å². The largest absolute Gasteiger partial charge is 0.445 e. The van der Waals surface area contributed by atoms with Crippen molar-refractivity contribution in [2.75, 3.05) is 26.2 Å². The van der Waals surface area contributed by atoms with Gasteiger partial charge in [0.1, 0.15) is 6.61 Å². The summed E-state index contributed by atoms with van der Waals surface area (Å²) in [5.74, 6) is 0. The van der Waals surface area contributed by atoms with E-state index in [-0.39, 0.29) is 6.09 Å². The number of amides is 1. The first-order chi connectivity index (χ1) is 9.81. The molecule has 0 bridgehead atoms. The maximum Gasteiger partial charge on any atom is 0.410 e. The zero-order valence-electron chi connectivity index (χ0n) is 11.5. The first kappa shape index (κ1) is 13.4. The van der Waals surface area contributed by atoms with Crippen LogP contribution >= 0.6 is 0 Å². The third-order valence-corrected chi connectivity index (χ3v) is 3.88. The van der Waals surface area contributed by atoms with Crippen LogP contribution < -0.4 is 10.6 Å². The average Bonchev–Trinajstić information content (AvgIpc) is 2.94. The van der Waals surface area contributed by atoms with E-state index < -0.39 is 0 Å². The molecule has 108 valence electrons. The van der Waals surface area contributed by atoms with E-state index in [1.807, 2.05) is 30.3 Å². The van der Waals surface area contributed by atoms with Gasteiger partial charge < -0.3 is 20.3 Å². The lowest BCUT2D eigenvalue weighted by atomic mass is 10.1. The topological polar surface area (TPSA) is 53.6 Å². The summed E-state index contributed by atoms with van der Waals surface area (Å²) in [6.07, 6.45) is 0.964. The molecule has 1 atom stereocenters. The van der Waals surface area contributed by atoms with E-state index in [1.165, 1.54) is 6.42 Å². The summed E-state index contributed by atoms with van der Waals surface area (Å²) in [6.45, 7) is 3.98. The Morgan fingerprint density at radius 2 is 2.10 bits per heavy atom. The molecule has 2 heterocycles. The molecular formula is C15H21N3O2. The summed E-state index contributed by atoms with van der Waals surface area (Å²) in [4.78, 5) is 13.6. The van der Waals surface area contributed by atoms with Gasteiger partial charge in [0, 0.05) is 31.7 Å². The van der Waals surface area contributed by atoms with Crippen LogP contribution in [0.3, 0.4) is 0 Å². The van der Waals surface area contributed by atoms with Crippen LogP contribution in [0.5, 0.6) is 0 Å². The van der Waals surface area contributed by atoms with Crippen molar-refractivity contribution in [3.05, 3.63) is 35.9 Å². The molecule has 0 aromatic heterocycles. The van der Waals surface area contributed by atoms with E-state index >= 15 is 0 Å². The molecule has 2 N–H and O–H groups in total. The lowest BCUT2D eigenvalue weighted by molar-refractivity contribution is 0.0582. The van der Waals surface area contributed by atoms with Gasteiger partial charge in [-0.3, -0.25) is 0 Å². The van der Waals surface area contributed by atoms with E-state index in [1.54, 1.807) is 4.90 Å². The summed E-state index contributed by atoms with van der Waals surface area (Å²) in [6, 6.07) is 10.7. The van der Waals surface area contributed by atoms with Crippen LogP contribution in [0.4, 0.5) is 4.79 Å². The van der Waals surface area contributed by atoms with E-state index in [0.717, 1.165) is 31.7 Å². The van der Waals surface area contributed by atoms with Crippen LogP contribution in [0.1, 0.15) is 12.0 Å². The second kappa shape index (κ2) is 6.24. The average molecular weight is 275 g/mol. The molecule has 2 fully saturated rings. The molecule has 20 heavy (non-hydrogen) atoms. The Morgan fingerprint density at radius 3 is 2.80 bits per heavy atom. The molecule has 0 spiro atoms. The third-order valence-electron chi connectivity index (χ3n) is 3.88. The van der Waals surface area contributed by atoms with E-state index in [0.29, 0.717) is 18.7 Å². The van der Waals surface area contributed by atoms with Crippen molar-refractivity contribution in [1.82, 2.24) is 15.5 Å².